The Morgan fingerprint density at radius 1 is 1.12 bits per heavy atom. The summed E-state index contributed by atoms with van der Waals surface area (Å²) in [6.45, 7) is 1.81. The van der Waals surface area contributed by atoms with E-state index in [-0.39, 0.29) is 6.54 Å². The molecule has 0 aliphatic rings. The first kappa shape index (κ1) is 18.3. The first-order valence-electron chi connectivity index (χ1n) is 7.94. The number of amides is 2. The van der Waals surface area contributed by atoms with E-state index in [0.29, 0.717) is 16.1 Å². The van der Waals surface area contributed by atoms with E-state index in [1.54, 1.807) is 24.3 Å². The van der Waals surface area contributed by atoms with Crippen LogP contribution in [-0.4, -0.2) is 23.5 Å². The van der Waals surface area contributed by atoms with Crippen molar-refractivity contribution in [2.24, 2.45) is 0 Å². The van der Waals surface area contributed by atoms with Gasteiger partial charge in [-0.3, -0.25) is 9.59 Å². The summed E-state index contributed by atoms with van der Waals surface area (Å²) in [5, 5.41) is 21.8. The number of aliphatic hydroxyl groups is 1. The van der Waals surface area contributed by atoms with Gasteiger partial charge in [0, 0.05) is 16.1 Å². The minimum Gasteiger partial charge on any atom is -0.378 e. The first-order chi connectivity index (χ1) is 12.5. The molecule has 1 atom stereocenters. The molecule has 0 spiro atoms. The van der Waals surface area contributed by atoms with Gasteiger partial charge in [-0.05, 0) is 52.9 Å². The van der Waals surface area contributed by atoms with Crippen LogP contribution in [0.25, 0.3) is 0 Å². The van der Waals surface area contributed by atoms with Crippen molar-refractivity contribution in [3.8, 4) is 0 Å². The molecule has 134 valence electrons. The van der Waals surface area contributed by atoms with E-state index in [2.05, 4.69) is 10.6 Å². The molecule has 5 nitrogen and oxygen atoms in total. The predicted molar refractivity (Wildman–Crippen MR) is 104 cm³/mol. The number of hydrogen-bond donors (Lipinski definition) is 3. The minimum absolute atomic E-state index is 0.0929. The Hall–Kier alpha value is -2.48. The van der Waals surface area contributed by atoms with E-state index in [1.807, 2.05) is 41.3 Å². The molecule has 7 heteroatoms. The monoisotopic (exact) mass is 386 g/mol. The van der Waals surface area contributed by atoms with Crippen molar-refractivity contribution < 1.29 is 14.7 Å². The van der Waals surface area contributed by atoms with Crippen LogP contribution in [0.2, 0.25) is 0 Å². The second-order valence-electron chi connectivity index (χ2n) is 5.86. The number of hydrogen-bond acceptors (Lipinski definition) is 5. The van der Waals surface area contributed by atoms with Crippen LogP contribution in [-0.2, 0) is 15.2 Å². The molecule has 0 radical (unpaired) electrons. The van der Waals surface area contributed by atoms with Gasteiger partial charge < -0.3 is 15.7 Å². The van der Waals surface area contributed by atoms with Crippen molar-refractivity contribution in [3.05, 3.63) is 74.6 Å². The summed E-state index contributed by atoms with van der Waals surface area (Å²) in [4.78, 5) is 25.0. The molecule has 0 saturated heterocycles. The third kappa shape index (κ3) is 4.01. The lowest BCUT2D eigenvalue weighted by atomic mass is 9.94. The quantitative estimate of drug-likeness (QED) is 0.590. The topological polar surface area (TPSA) is 78.4 Å². The van der Waals surface area contributed by atoms with E-state index in [0.717, 1.165) is 5.56 Å². The van der Waals surface area contributed by atoms with Crippen molar-refractivity contribution in [1.82, 2.24) is 5.32 Å². The standard InChI is InChI=1S/C19H18N2O3S2/c1-13-4-2-5-15(10-13)21-18(23)17(22)20-12-19(24,14-7-9-25-11-14)16-6-3-8-26-16/h2-11,24H,12H2,1H3,(H,20,22)(H,21,23). The van der Waals surface area contributed by atoms with Crippen LogP contribution in [0.3, 0.4) is 0 Å². The number of aryl methyl sites for hydroxylation is 1. The molecule has 2 heterocycles. The molecule has 3 rings (SSSR count). The maximum atomic E-state index is 12.2. The van der Waals surface area contributed by atoms with Gasteiger partial charge in [-0.2, -0.15) is 11.3 Å². The van der Waals surface area contributed by atoms with Crippen LogP contribution >= 0.6 is 22.7 Å². The summed E-state index contributed by atoms with van der Waals surface area (Å²) >= 11 is 2.86. The summed E-state index contributed by atoms with van der Waals surface area (Å²) in [6, 6.07) is 12.6. The number of carbonyl (C=O) groups is 2. The van der Waals surface area contributed by atoms with Crippen molar-refractivity contribution >= 4 is 40.2 Å². The van der Waals surface area contributed by atoms with Crippen LogP contribution in [0.5, 0.6) is 0 Å². The fraction of sp³-hybridized carbons (Fsp3) is 0.158. The van der Waals surface area contributed by atoms with Crippen molar-refractivity contribution in [3.63, 3.8) is 0 Å². The normalized spacial score (nSPS) is 13.0. The highest BCUT2D eigenvalue weighted by Crippen LogP contribution is 2.33. The molecule has 3 N–H and O–H groups in total. The van der Waals surface area contributed by atoms with Crippen molar-refractivity contribution in [2.75, 3.05) is 11.9 Å². The zero-order chi connectivity index (χ0) is 18.6. The number of anilines is 1. The lowest BCUT2D eigenvalue weighted by molar-refractivity contribution is -0.136. The zero-order valence-corrected chi connectivity index (χ0v) is 15.7. The molecule has 0 fully saturated rings. The van der Waals surface area contributed by atoms with Crippen LogP contribution < -0.4 is 10.6 Å². The summed E-state index contributed by atoms with van der Waals surface area (Å²) in [6.07, 6.45) is 0. The van der Waals surface area contributed by atoms with Gasteiger partial charge in [-0.15, -0.1) is 11.3 Å². The number of thiophene rings is 2. The van der Waals surface area contributed by atoms with E-state index in [4.69, 9.17) is 0 Å². The van der Waals surface area contributed by atoms with Crippen LogP contribution in [0.15, 0.2) is 58.6 Å². The molecule has 2 aromatic heterocycles. The highest BCUT2D eigenvalue weighted by Gasteiger charge is 2.34. The van der Waals surface area contributed by atoms with Gasteiger partial charge in [0.15, 0.2) is 0 Å². The van der Waals surface area contributed by atoms with Gasteiger partial charge in [0.25, 0.3) is 0 Å². The van der Waals surface area contributed by atoms with Gasteiger partial charge in [-0.1, -0.05) is 18.2 Å². The Morgan fingerprint density at radius 3 is 2.62 bits per heavy atom. The molecule has 0 saturated carbocycles. The average Bonchev–Trinajstić information content (AvgIpc) is 3.33. The number of benzene rings is 1. The molecule has 0 bridgehead atoms. The fourth-order valence-electron chi connectivity index (χ4n) is 2.54. The Kier molecular flexibility index (Phi) is 5.51. The highest BCUT2D eigenvalue weighted by molar-refractivity contribution is 7.10. The third-order valence-corrected chi connectivity index (χ3v) is 5.62. The smallest absolute Gasteiger partial charge is 0.313 e. The molecule has 3 aromatic rings. The van der Waals surface area contributed by atoms with Gasteiger partial charge in [0.1, 0.15) is 5.60 Å². The second kappa shape index (κ2) is 7.82. The molecule has 1 unspecified atom stereocenters. The molecule has 2 amide bonds. The Balaban J connectivity index is 1.69. The van der Waals surface area contributed by atoms with Gasteiger partial charge in [0.05, 0.1) is 6.54 Å². The largest absolute Gasteiger partial charge is 0.378 e. The lowest BCUT2D eigenvalue weighted by Crippen LogP contribution is -2.44. The number of carbonyl (C=O) groups excluding carboxylic acids is 2. The van der Waals surface area contributed by atoms with Crippen molar-refractivity contribution in [2.45, 2.75) is 12.5 Å². The van der Waals surface area contributed by atoms with E-state index in [1.165, 1.54) is 22.7 Å². The maximum absolute atomic E-state index is 12.2. The Bertz CT molecular complexity index is 855. The second-order valence-corrected chi connectivity index (χ2v) is 7.58. The van der Waals surface area contributed by atoms with E-state index >= 15 is 0 Å². The average molecular weight is 386 g/mol. The predicted octanol–water partition coefficient (Wildman–Crippen LogP) is 3.11. The van der Waals surface area contributed by atoms with Gasteiger partial charge >= 0.3 is 11.8 Å². The number of nitrogens with one attached hydrogen (secondary N) is 2. The minimum atomic E-state index is -1.37. The first-order valence-corrected chi connectivity index (χ1v) is 9.76. The number of rotatable bonds is 5. The molecule has 0 aliphatic heterocycles. The fourth-order valence-corrected chi connectivity index (χ4v) is 4.11. The maximum Gasteiger partial charge on any atom is 0.313 e. The molecule has 0 aliphatic carbocycles. The summed E-state index contributed by atoms with van der Waals surface area (Å²) in [7, 11) is 0. The zero-order valence-electron chi connectivity index (χ0n) is 14.1. The third-order valence-electron chi connectivity index (χ3n) is 3.91. The van der Waals surface area contributed by atoms with E-state index < -0.39 is 17.4 Å². The molecular formula is C19H18N2O3S2. The Morgan fingerprint density at radius 2 is 1.96 bits per heavy atom. The van der Waals surface area contributed by atoms with Crippen LogP contribution in [0, 0.1) is 6.92 Å². The lowest BCUT2D eigenvalue weighted by Gasteiger charge is -2.26. The summed E-state index contributed by atoms with van der Waals surface area (Å²) < 4.78 is 0. The van der Waals surface area contributed by atoms with Gasteiger partial charge in [0.2, 0.25) is 0 Å². The van der Waals surface area contributed by atoms with E-state index in [9.17, 15) is 14.7 Å². The van der Waals surface area contributed by atoms with Gasteiger partial charge in [-0.25, -0.2) is 0 Å². The molecular weight excluding hydrogens is 368 g/mol. The van der Waals surface area contributed by atoms with Crippen molar-refractivity contribution in [1.29, 1.82) is 0 Å². The summed E-state index contributed by atoms with van der Waals surface area (Å²) in [5.41, 5.74) is 0.849. The highest BCUT2D eigenvalue weighted by atomic mass is 32.1. The molecule has 1 aromatic carbocycles. The van der Waals surface area contributed by atoms with Crippen LogP contribution in [0.1, 0.15) is 16.0 Å². The molecule has 26 heavy (non-hydrogen) atoms. The van der Waals surface area contributed by atoms with Crippen LogP contribution in [0.4, 0.5) is 5.69 Å². The summed E-state index contributed by atoms with van der Waals surface area (Å²) in [5.74, 6) is -1.56. The Labute approximate surface area is 159 Å². The SMILES string of the molecule is Cc1cccc(NC(=O)C(=O)NCC(O)(c2ccsc2)c2cccs2)c1.